The van der Waals surface area contributed by atoms with Crippen molar-refractivity contribution in [2.75, 3.05) is 6.54 Å². The van der Waals surface area contributed by atoms with Gasteiger partial charge in [-0.25, -0.2) is 0 Å². The summed E-state index contributed by atoms with van der Waals surface area (Å²) in [7, 11) is 0. The fourth-order valence-electron chi connectivity index (χ4n) is 1.79. The first kappa shape index (κ1) is 10.2. The smallest absolute Gasteiger partial charge is 0.251 e. The van der Waals surface area contributed by atoms with Crippen molar-refractivity contribution in [2.45, 2.75) is 26.0 Å². The fourth-order valence-corrected chi connectivity index (χ4v) is 1.79. The molecule has 1 aliphatic rings. The van der Waals surface area contributed by atoms with Gasteiger partial charge >= 0.3 is 0 Å². The van der Waals surface area contributed by atoms with E-state index >= 15 is 0 Å². The molecule has 1 aromatic carbocycles. The van der Waals surface area contributed by atoms with Crippen LogP contribution in [0.2, 0.25) is 0 Å². The van der Waals surface area contributed by atoms with Crippen LogP contribution in [0.5, 0.6) is 0 Å². The zero-order valence-electron chi connectivity index (χ0n) is 8.81. The molecule has 0 aliphatic carbocycles. The molecule has 1 aromatic rings. The van der Waals surface area contributed by atoms with Crippen LogP contribution in [0.15, 0.2) is 24.3 Å². The van der Waals surface area contributed by atoms with Crippen molar-refractivity contribution in [2.24, 2.45) is 0 Å². The Balaban J connectivity index is 2.03. The highest BCUT2D eigenvalue weighted by atomic mass is 16.3. The summed E-state index contributed by atoms with van der Waals surface area (Å²) in [5.74, 6) is -0.143. The van der Waals surface area contributed by atoms with Gasteiger partial charge in [0.1, 0.15) is 6.10 Å². The number of rotatable bonds is 2. The van der Waals surface area contributed by atoms with E-state index < -0.39 is 6.10 Å². The Kier molecular flexibility index (Phi) is 2.73. The van der Waals surface area contributed by atoms with Crippen molar-refractivity contribution in [1.29, 1.82) is 0 Å². The molecule has 1 atom stereocenters. The maximum Gasteiger partial charge on any atom is 0.251 e. The number of hydrogen-bond donors (Lipinski definition) is 1. The Morgan fingerprint density at radius 2 is 2.07 bits per heavy atom. The molecule has 0 spiro atoms. The molecule has 2 rings (SSSR count). The van der Waals surface area contributed by atoms with Crippen LogP contribution in [0.4, 0.5) is 0 Å². The van der Waals surface area contributed by atoms with Gasteiger partial charge in [0.15, 0.2) is 0 Å². The molecule has 1 amide bonds. The van der Waals surface area contributed by atoms with E-state index in [-0.39, 0.29) is 5.91 Å². The zero-order chi connectivity index (χ0) is 10.8. The summed E-state index contributed by atoms with van der Waals surface area (Å²) < 4.78 is 0. The maximum atomic E-state index is 11.5. The number of aliphatic hydroxyl groups is 1. The molecule has 1 saturated heterocycles. The second-order valence-electron chi connectivity index (χ2n) is 4.05. The first-order valence-corrected chi connectivity index (χ1v) is 5.19. The van der Waals surface area contributed by atoms with Gasteiger partial charge in [-0.1, -0.05) is 29.8 Å². The number of carbonyl (C=O) groups is 1. The summed E-state index contributed by atoms with van der Waals surface area (Å²) in [6.07, 6.45) is -0.222. The number of likely N-dealkylation sites (tertiary alicyclic amines) is 1. The minimum absolute atomic E-state index is 0.143. The lowest BCUT2D eigenvalue weighted by atomic mass is 10.1. The lowest BCUT2D eigenvalue weighted by molar-refractivity contribution is -0.134. The van der Waals surface area contributed by atoms with Crippen molar-refractivity contribution >= 4 is 5.91 Å². The first-order valence-electron chi connectivity index (χ1n) is 5.19. The van der Waals surface area contributed by atoms with Gasteiger partial charge in [0, 0.05) is 13.1 Å². The van der Waals surface area contributed by atoms with Crippen LogP contribution in [0.3, 0.4) is 0 Å². The van der Waals surface area contributed by atoms with Crippen molar-refractivity contribution in [3.63, 3.8) is 0 Å². The van der Waals surface area contributed by atoms with Crippen LogP contribution in [0.25, 0.3) is 0 Å². The number of amides is 1. The van der Waals surface area contributed by atoms with Gasteiger partial charge in [-0.15, -0.1) is 0 Å². The molecule has 3 heteroatoms. The molecule has 0 radical (unpaired) electrons. The second-order valence-corrected chi connectivity index (χ2v) is 4.05. The van der Waals surface area contributed by atoms with Crippen LogP contribution in [0.1, 0.15) is 17.5 Å². The Morgan fingerprint density at radius 1 is 1.40 bits per heavy atom. The second kappa shape index (κ2) is 4.03. The van der Waals surface area contributed by atoms with Gasteiger partial charge in [-0.05, 0) is 18.9 Å². The quantitative estimate of drug-likeness (QED) is 0.785. The van der Waals surface area contributed by atoms with Gasteiger partial charge in [-0.2, -0.15) is 0 Å². The average Bonchev–Trinajstić information content (AvgIpc) is 2.53. The first-order chi connectivity index (χ1) is 7.16. The van der Waals surface area contributed by atoms with E-state index in [0.717, 1.165) is 5.56 Å². The molecule has 1 N–H and O–H groups in total. The largest absolute Gasteiger partial charge is 0.383 e. The number of aryl methyl sites for hydroxylation is 1. The highest BCUT2D eigenvalue weighted by Gasteiger charge is 2.29. The van der Waals surface area contributed by atoms with Crippen molar-refractivity contribution < 1.29 is 9.90 Å². The predicted octanol–water partition coefficient (Wildman–Crippen LogP) is 1.09. The number of aliphatic hydroxyl groups excluding tert-OH is 1. The molecular formula is C12H15NO2. The van der Waals surface area contributed by atoms with E-state index in [1.54, 1.807) is 4.90 Å². The minimum Gasteiger partial charge on any atom is -0.383 e. The predicted molar refractivity (Wildman–Crippen MR) is 57.2 cm³/mol. The third-order valence-corrected chi connectivity index (χ3v) is 2.76. The molecule has 3 nitrogen and oxygen atoms in total. The van der Waals surface area contributed by atoms with Crippen molar-refractivity contribution in [1.82, 2.24) is 4.90 Å². The maximum absolute atomic E-state index is 11.5. The molecule has 0 unspecified atom stereocenters. The summed E-state index contributed by atoms with van der Waals surface area (Å²) >= 11 is 0. The Morgan fingerprint density at radius 3 is 2.60 bits per heavy atom. The van der Waals surface area contributed by atoms with E-state index in [0.29, 0.717) is 19.5 Å². The Hall–Kier alpha value is -1.35. The molecule has 0 saturated carbocycles. The lowest BCUT2D eigenvalue weighted by Crippen LogP contribution is -2.28. The number of benzene rings is 1. The van der Waals surface area contributed by atoms with E-state index in [4.69, 9.17) is 0 Å². The van der Waals surface area contributed by atoms with Gasteiger partial charge in [0.25, 0.3) is 5.91 Å². The van der Waals surface area contributed by atoms with Gasteiger partial charge < -0.3 is 10.0 Å². The SMILES string of the molecule is Cc1ccc(CN2CC[C@@H](O)C2=O)cc1. The van der Waals surface area contributed by atoms with Crippen LogP contribution in [0, 0.1) is 6.92 Å². The molecule has 15 heavy (non-hydrogen) atoms. The number of carbonyl (C=O) groups excluding carboxylic acids is 1. The molecule has 0 aromatic heterocycles. The lowest BCUT2D eigenvalue weighted by Gasteiger charge is -2.15. The van der Waals surface area contributed by atoms with Crippen LogP contribution >= 0.6 is 0 Å². The summed E-state index contributed by atoms with van der Waals surface area (Å²) in [6.45, 7) is 3.30. The van der Waals surface area contributed by atoms with E-state index in [9.17, 15) is 9.90 Å². The number of hydrogen-bond acceptors (Lipinski definition) is 2. The van der Waals surface area contributed by atoms with Crippen LogP contribution in [-0.2, 0) is 11.3 Å². The summed E-state index contributed by atoms with van der Waals surface area (Å²) in [4.78, 5) is 13.2. The Bertz CT molecular complexity index is 358. The fraction of sp³-hybridized carbons (Fsp3) is 0.417. The molecule has 80 valence electrons. The minimum atomic E-state index is -0.782. The van der Waals surface area contributed by atoms with Gasteiger partial charge in [-0.3, -0.25) is 4.79 Å². The van der Waals surface area contributed by atoms with Gasteiger partial charge in [0.2, 0.25) is 0 Å². The standard InChI is InChI=1S/C12H15NO2/c1-9-2-4-10(5-3-9)8-13-7-6-11(14)12(13)15/h2-5,11,14H,6-8H2,1H3/t11-/m1/s1. The average molecular weight is 205 g/mol. The molecule has 1 heterocycles. The monoisotopic (exact) mass is 205 g/mol. The molecule has 1 aliphatic heterocycles. The van der Waals surface area contributed by atoms with Gasteiger partial charge in [0.05, 0.1) is 0 Å². The highest BCUT2D eigenvalue weighted by Crippen LogP contribution is 2.15. The summed E-state index contributed by atoms with van der Waals surface area (Å²) in [6, 6.07) is 8.11. The normalized spacial score (nSPS) is 21.1. The third-order valence-electron chi connectivity index (χ3n) is 2.76. The van der Waals surface area contributed by atoms with E-state index in [1.807, 2.05) is 31.2 Å². The van der Waals surface area contributed by atoms with Crippen LogP contribution < -0.4 is 0 Å². The summed E-state index contributed by atoms with van der Waals surface area (Å²) in [5.41, 5.74) is 2.33. The zero-order valence-corrected chi connectivity index (χ0v) is 8.81. The third kappa shape index (κ3) is 2.18. The molecule has 1 fully saturated rings. The van der Waals surface area contributed by atoms with Crippen LogP contribution in [-0.4, -0.2) is 28.6 Å². The van der Waals surface area contributed by atoms with Crippen molar-refractivity contribution in [3.05, 3.63) is 35.4 Å². The van der Waals surface area contributed by atoms with Crippen molar-refractivity contribution in [3.8, 4) is 0 Å². The summed E-state index contributed by atoms with van der Waals surface area (Å²) in [5, 5.41) is 9.30. The van der Waals surface area contributed by atoms with E-state index in [2.05, 4.69) is 0 Å². The van der Waals surface area contributed by atoms with E-state index in [1.165, 1.54) is 5.56 Å². The Labute approximate surface area is 89.3 Å². The highest BCUT2D eigenvalue weighted by molar-refractivity contribution is 5.82. The number of nitrogens with zero attached hydrogens (tertiary/aromatic N) is 1. The molecular weight excluding hydrogens is 190 g/mol. The molecule has 0 bridgehead atoms. The topological polar surface area (TPSA) is 40.5 Å².